The van der Waals surface area contributed by atoms with E-state index in [1.807, 2.05) is 4.90 Å². The molecule has 2 rings (SSSR count). The van der Waals surface area contributed by atoms with E-state index in [0.717, 1.165) is 6.42 Å². The average molecular weight is 270 g/mol. The molecule has 1 aromatic heterocycles. The fourth-order valence-electron chi connectivity index (χ4n) is 1.66. The largest absolute Gasteiger partial charge is 0.480 e. The Labute approximate surface area is 108 Å². The summed E-state index contributed by atoms with van der Waals surface area (Å²) in [5.74, 6) is -1.16. The Balaban J connectivity index is 2.13. The molecule has 8 heteroatoms. The zero-order chi connectivity index (χ0) is 13.1. The second kappa shape index (κ2) is 5.32. The number of nitrogens with zero attached hydrogens (tertiary/aromatic N) is 2. The number of carboxylic acids is 1. The van der Waals surface area contributed by atoms with Crippen molar-refractivity contribution in [3.63, 3.8) is 0 Å². The van der Waals surface area contributed by atoms with Gasteiger partial charge in [0.05, 0.1) is 12.2 Å². The SMILES string of the molecule is NC(C(=O)O)c1csc(N2CCCNC(=O)C2)n1. The second-order valence-electron chi connectivity index (χ2n) is 4.00. The average Bonchev–Trinajstić information content (AvgIpc) is 2.72. The maximum Gasteiger partial charge on any atom is 0.326 e. The topological polar surface area (TPSA) is 109 Å². The van der Waals surface area contributed by atoms with Crippen molar-refractivity contribution in [2.24, 2.45) is 5.73 Å². The molecule has 18 heavy (non-hydrogen) atoms. The third-order valence-corrected chi connectivity index (χ3v) is 3.55. The lowest BCUT2D eigenvalue weighted by Crippen LogP contribution is -2.33. The van der Waals surface area contributed by atoms with E-state index in [-0.39, 0.29) is 12.5 Å². The molecule has 1 saturated heterocycles. The summed E-state index contributed by atoms with van der Waals surface area (Å²) >= 11 is 1.30. The van der Waals surface area contributed by atoms with Gasteiger partial charge in [-0.05, 0) is 6.42 Å². The number of carboxylic acid groups (broad SMARTS) is 1. The molecule has 1 amide bonds. The molecule has 0 spiro atoms. The highest BCUT2D eigenvalue weighted by atomic mass is 32.1. The highest BCUT2D eigenvalue weighted by molar-refractivity contribution is 7.13. The minimum absolute atomic E-state index is 0.0493. The number of aromatic nitrogens is 1. The lowest BCUT2D eigenvalue weighted by Gasteiger charge is -2.17. The van der Waals surface area contributed by atoms with E-state index in [4.69, 9.17) is 10.8 Å². The molecule has 0 aromatic carbocycles. The molecule has 98 valence electrons. The van der Waals surface area contributed by atoms with E-state index >= 15 is 0 Å². The van der Waals surface area contributed by atoms with Crippen LogP contribution in [0.2, 0.25) is 0 Å². The van der Waals surface area contributed by atoms with Gasteiger partial charge < -0.3 is 21.1 Å². The highest BCUT2D eigenvalue weighted by Crippen LogP contribution is 2.24. The quantitative estimate of drug-likeness (QED) is 0.686. The number of carbonyl (C=O) groups excluding carboxylic acids is 1. The predicted molar refractivity (Wildman–Crippen MR) is 66.5 cm³/mol. The first-order valence-electron chi connectivity index (χ1n) is 5.53. The number of thiazole rings is 1. The number of amides is 1. The maximum atomic E-state index is 11.4. The second-order valence-corrected chi connectivity index (χ2v) is 4.83. The van der Waals surface area contributed by atoms with Crippen LogP contribution in [0.25, 0.3) is 0 Å². The van der Waals surface area contributed by atoms with Gasteiger partial charge in [-0.1, -0.05) is 0 Å². The molecule has 1 atom stereocenters. The van der Waals surface area contributed by atoms with Gasteiger partial charge >= 0.3 is 5.97 Å². The zero-order valence-electron chi connectivity index (χ0n) is 9.63. The monoisotopic (exact) mass is 270 g/mol. The Morgan fingerprint density at radius 2 is 2.44 bits per heavy atom. The van der Waals surface area contributed by atoms with Crippen molar-refractivity contribution >= 4 is 28.3 Å². The van der Waals surface area contributed by atoms with Crippen molar-refractivity contribution in [3.05, 3.63) is 11.1 Å². The molecule has 0 radical (unpaired) electrons. The van der Waals surface area contributed by atoms with E-state index in [1.165, 1.54) is 11.3 Å². The summed E-state index contributed by atoms with van der Waals surface area (Å²) in [6.07, 6.45) is 0.839. The number of rotatable bonds is 3. The first-order chi connectivity index (χ1) is 8.58. The van der Waals surface area contributed by atoms with Crippen LogP contribution >= 0.6 is 11.3 Å². The lowest BCUT2D eigenvalue weighted by atomic mass is 10.2. The van der Waals surface area contributed by atoms with Crippen LogP contribution < -0.4 is 16.0 Å². The molecule has 1 aromatic rings. The van der Waals surface area contributed by atoms with E-state index < -0.39 is 12.0 Å². The van der Waals surface area contributed by atoms with Gasteiger partial charge in [-0.25, -0.2) is 4.98 Å². The Morgan fingerprint density at radius 3 is 3.17 bits per heavy atom. The summed E-state index contributed by atoms with van der Waals surface area (Å²) in [5, 5.41) is 13.8. The van der Waals surface area contributed by atoms with Gasteiger partial charge in [0.2, 0.25) is 5.91 Å². The number of hydrogen-bond acceptors (Lipinski definition) is 6. The van der Waals surface area contributed by atoms with Crippen LogP contribution in [0, 0.1) is 0 Å². The summed E-state index contributed by atoms with van der Waals surface area (Å²) in [5.41, 5.74) is 5.81. The van der Waals surface area contributed by atoms with Crippen molar-refractivity contribution in [2.45, 2.75) is 12.5 Å². The van der Waals surface area contributed by atoms with Crippen molar-refractivity contribution in [3.8, 4) is 0 Å². The fraction of sp³-hybridized carbons (Fsp3) is 0.500. The Hall–Kier alpha value is -1.67. The van der Waals surface area contributed by atoms with Crippen LogP contribution in [0.1, 0.15) is 18.2 Å². The molecule has 0 aliphatic carbocycles. The van der Waals surface area contributed by atoms with Crippen LogP contribution in [-0.4, -0.2) is 41.6 Å². The number of aliphatic carboxylic acids is 1. The van der Waals surface area contributed by atoms with E-state index in [1.54, 1.807) is 5.38 Å². The molecule has 0 bridgehead atoms. The Bertz CT molecular complexity index is 462. The first-order valence-corrected chi connectivity index (χ1v) is 6.41. The molecule has 1 aliphatic rings. The summed E-state index contributed by atoms with van der Waals surface area (Å²) in [6, 6.07) is -1.11. The summed E-state index contributed by atoms with van der Waals surface area (Å²) in [7, 11) is 0. The van der Waals surface area contributed by atoms with E-state index in [0.29, 0.717) is 23.9 Å². The molecule has 0 saturated carbocycles. The van der Waals surface area contributed by atoms with Crippen LogP contribution in [0.5, 0.6) is 0 Å². The smallest absolute Gasteiger partial charge is 0.326 e. The lowest BCUT2D eigenvalue weighted by molar-refractivity contribution is -0.138. The van der Waals surface area contributed by atoms with Gasteiger partial charge in [-0.2, -0.15) is 0 Å². The molecular weight excluding hydrogens is 256 g/mol. The van der Waals surface area contributed by atoms with Crippen molar-refractivity contribution in [2.75, 3.05) is 24.5 Å². The van der Waals surface area contributed by atoms with Crippen LogP contribution in [-0.2, 0) is 9.59 Å². The molecule has 2 heterocycles. The third kappa shape index (κ3) is 2.77. The first kappa shape index (κ1) is 12.8. The minimum Gasteiger partial charge on any atom is -0.480 e. The van der Waals surface area contributed by atoms with Crippen LogP contribution in [0.3, 0.4) is 0 Å². The fourth-order valence-corrected chi connectivity index (χ4v) is 2.55. The van der Waals surface area contributed by atoms with Gasteiger partial charge in [-0.15, -0.1) is 11.3 Å². The molecule has 4 N–H and O–H groups in total. The van der Waals surface area contributed by atoms with Gasteiger partial charge in [0.25, 0.3) is 0 Å². The van der Waals surface area contributed by atoms with Crippen molar-refractivity contribution in [1.29, 1.82) is 0 Å². The number of nitrogens with two attached hydrogens (primary N) is 1. The maximum absolute atomic E-state index is 11.4. The Morgan fingerprint density at radius 1 is 1.67 bits per heavy atom. The molecule has 1 unspecified atom stereocenters. The molecule has 1 aliphatic heterocycles. The predicted octanol–water partition coefficient (Wildman–Crippen LogP) is -0.446. The third-order valence-electron chi connectivity index (χ3n) is 2.63. The summed E-state index contributed by atoms with van der Waals surface area (Å²) in [4.78, 5) is 28.2. The molecule has 1 fully saturated rings. The standard InChI is InChI=1S/C10H14N4O3S/c11-8(9(16)17)6-5-18-10(13-6)14-3-1-2-12-7(15)4-14/h5,8H,1-4,11H2,(H,12,15)(H,16,17). The van der Waals surface area contributed by atoms with Crippen LogP contribution in [0.4, 0.5) is 5.13 Å². The van der Waals surface area contributed by atoms with E-state index in [2.05, 4.69) is 10.3 Å². The number of hydrogen-bond donors (Lipinski definition) is 3. The number of nitrogens with one attached hydrogen (secondary N) is 1. The highest BCUT2D eigenvalue weighted by Gasteiger charge is 2.21. The summed E-state index contributed by atoms with van der Waals surface area (Å²) < 4.78 is 0. The van der Waals surface area contributed by atoms with Gasteiger partial charge in [0, 0.05) is 18.5 Å². The number of carbonyl (C=O) groups is 2. The Kier molecular flexibility index (Phi) is 3.78. The minimum atomic E-state index is -1.11. The van der Waals surface area contributed by atoms with Crippen molar-refractivity contribution < 1.29 is 14.7 Å². The zero-order valence-corrected chi connectivity index (χ0v) is 10.4. The molecular formula is C10H14N4O3S. The van der Waals surface area contributed by atoms with Gasteiger partial charge in [-0.3, -0.25) is 9.59 Å². The van der Waals surface area contributed by atoms with Crippen molar-refractivity contribution in [1.82, 2.24) is 10.3 Å². The normalized spacial score (nSPS) is 18.1. The van der Waals surface area contributed by atoms with Crippen LogP contribution in [0.15, 0.2) is 5.38 Å². The van der Waals surface area contributed by atoms with E-state index in [9.17, 15) is 9.59 Å². The summed E-state index contributed by atoms with van der Waals surface area (Å²) in [6.45, 7) is 1.62. The molecule has 7 nitrogen and oxygen atoms in total. The number of anilines is 1. The van der Waals surface area contributed by atoms with Gasteiger partial charge in [0.15, 0.2) is 5.13 Å². The van der Waals surface area contributed by atoms with Gasteiger partial charge in [0.1, 0.15) is 6.04 Å².